The van der Waals surface area contributed by atoms with Gasteiger partial charge in [0.05, 0.1) is 10.7 Å². The molecule has 104 valence electrons. The summed E-state index contributed by atoms with van der Waals surface area (Å²) in [5, 5.41) is 3.60. The molecule has 0 heterocycles. The summed E-state index contributed by atoms with van der Waals surface area (Å²) in [4.78, 5) is 5.40. The van der Waals surface area contributed by atoms with Gasteiger partial charge in [-0.15, -0.1) is 11.8 Å². The number of anilines is 1. The standard InChI is InChI=1S/C14H13BrClN3S/c1-20-11-5-6-12(16)13(8-11)19-14(17)18-10-4-2-3-9(15)7-10/h2-8H,1H3,(H3,17,18,19). The molecule has 0 unspecified atom stereocenters. The first kappa shape index (κ1) is 15.2. The normalized spacial score (nSPS) is 11.4. The summed E-state index contributed by atoms with van der Waals surface area (Å²) < 4.78 is 0.970. The largest absolute Gasteiger partial charge is 0.369 e. The third-order valence-electron chi connectivity index (χ3n) is 2.49. The summed E-state index contributed by atoms with van der Waals surface area (Å²) in [5.74, 6) is 0.295. The van der Waals surface area contributed by atoms with Crippen LogP contribution in [0.1, 0.15) is 0 Å². The van der Waals surface area contributed by atoms with Crippen LogP contribution in [0.3, 0.4) is 0 Å². The van der Waals surface area contributed by atoms with Crippen molar-refractivity contribution >= 4 is 56.6 Å². The Kier molecular flexibility index (Phi) is 5.34. The minimum Gasteiger partial charge on any atom is -0.369 e. The number of nitrogens with one attached hydrogen (secondary N) is 1. The fraction of sp³-hybridized carbons (Fsp3) is 0.0714. The second-order valence-corrected chi connectivity index (χ2v) is 6.15. The maximum absolute atomic E-state index is 6.12. The van der Waals surface area contributed by atoms with Crippen LogP contribution in [0.15, 0.2) is 56.8 Å². The molecular weight excluding hydrogens is 358 g/mol. The van der Waals surface area contributed by atoms with Crippen molar-refractivity contribution in [3.8, 4) is 0 Å². The van der Waals surface area contributed by atoms with Gasteiger partial charge in [-0.1, -0.05) is 33.6 Å². The van der Waals surface area contributed by atoms with Crippen LogP contribution in [0.4, 0.5) is 11.4 Å². The van der Waals surface area contributed by atoms with Crippen molar-refractivity contribution in [3.05, 3.63) is 52.0 Å². The lowest BCUT2D eigenvalue weighted by atomic mass is 10.3. The third-order valence-corrected chi connectivity index (χ3v) is 4.03. The molecule has 20 heavy (non-hydrogen) atoms. The molecular formula is C14H13BrClN3S. The summed E-state index contributed by atoms with van der Waals surface area (Å²) in [6.07, 6.45) is 2.00. The molecule has 0 saturated carbocycles. The second-order valence-electron chi connectivity index (χ2n) is 3.95. The Morgan fingerprint density at radius 2 is 2.10 bits per heavy atom. The number of aliphatic imine (C=N–C) groups is 1. The van der Waals surface area contributed by atoms with E-state index in [9.17, 15) is 0 Å². The van der Waals surface area contributed by atoms with Gasteiger partial charge in [0, 0.05) is 15.1 Å². The van der Waals surface area contributed by atoms with Crippen LogP contribution in [0.2, 0.25) is 5.02 Å². The average molecular weight is 371 g/mol. The van der Waals surface area contributed by atoms with Crippen LogP contribution < -0.4 is 11.1 Å². The molecule has 0 bridgehead atoms. The van der Waals surface area contributed by atoms with E-state index >= 15 is 0 Å². The van der Waals surface area contributed by atoms with Crippen LogP contribution in [-0.4, -0.2) is 12.2 Å². The average Bonchev–Trinajstić information content (AvgIpc) is 2.41. The van der Waals surface area contributed by atoms with E-state index in [1.165, 1.54) is 0 Å². The van der Waals surface area contributed by atoms with Crippen molar-refractivity contribution in [1.82, 2.24) is 0 Å². The number of benzene rings is 2. The minimum atomic E-state index is 0.295. The van der Waals surface area contributed by atoms with Gasteiger partial charge in [-0.05, 0) is 42.7 Å². The molecule has 3 nitrogen and oxygen atoms in total. The molecule has 0 aliphatic carbocycles. The highest BCUT2D eigenvalue weighted by atomic mass is 79.9. The predicted octanol–water partition coefficient (Wildman–Crippen LogP) is 4.88. The van der Waals surface area contributed by atoms with Crippen molar-refractivity contribution in [2.75, 3.05) is 11.6 Å². The summed E-state index contributed by atoms with van der Waals surface area (Å²) in [6.45, 7) is 0. The van der Waals surface area contributed by atoms with Gasteiger partial charge in [-0.2, -0.15) is 0 Å². The Bertz CT molecular complexity index is 646. The van der Waals surface area contributed by atoms with E-state index in [-0.39, 0.29) is 0 Å². The number of hydrogen-bond donors (Lipinski definition) is 2. The molecule has 2 aromatic rings. The Balaban J connectivity index is 2.22. The Hall–Kier alpha value is -1.17. The van der Waals surface area contributed by atoms with Crippen molar-refractivity contribution in [1.29, 1.82) is 0 Å². The third kappa shape index (κ3) is 4.16. The first-order valence-electron chi connectivity index (χ1n) is 5.79. The lowest BCUT2D eigenvalue weighted by molar-refractivity contribution is 1.38. The first-order chi connectivity index (χ1) is 9.58. The number of guanidine groups is 1. The molecule has 0 radical (unpaired) electrons. The zero-order chi connectivity index (χ0) is 14.5. The van der Waals surface area contributed by atoms with Crippen molar-refractivity contribution in [3.63, 3.8) is 0 Å². The van der Waals surface area contributed by atoms with E-state index < -0.39 is 0 Å². The molecule has 6 heteroatoms. The number of thioether (sulfide) groups is 1. The highest BCUT2D eigenvalue weighted by molar-refractivity contribution is 9.10. The van der Waals surface area contributed by atoms with Gasteiger partial charge in [0.2, 0.25) is 0 Å². The van der Waals surface area contributed by atoms with E-state index in [0.29, 0.717) is 16.7 Å². The Labute approximate surface area is 135 Å². The molecule has 0 aliphatic heterocycles. The molecule has 2 rings (SSSR count). The zero-order valence-electron chi connectivity index (χ0n) is 10.7. The molecule has 0 aromatic heterocycles. The van der Waals surface area contributed by atoms with Gasteiger partial charge >= 0.3 is 0 Å². The van der Waals surface area contributed by atoms with E-state index in [1.807, 2.05) is 48.7 Å². The summed E-state index contributed by atoms with van der Waals surface area (Å²) in [5.41, 5.74) is 7.42. The molecule has 0 spiro atoms. The maximum atomic E-state index is 6.12. The predicted molar refractivity (Wildman–Crippen MR) is 92.3 cm³/mol. The summed E-state index contributed by atoms with van der Waals surface area (Å²) >= 11 is 11.2. The van der Waals surface area contributed by atoms with Crippen molar-refractivity contribution in [2.24, 2.45) is 10.7 Å². The number of nitrogens with two attached hydrogens (primary N) is 1. The van der Waals surface area contributed by atoms with Gasteiger partial charge < -0.3 is 11.1 Å². The van der Waals surface area contributed by atoms with Crippen molar-refractivity contribution in [2.45, 2.75) is 4.90 Å². The smallest absolute Gasteiger partial charge is 0.198 e. The van der Waals surface area contributed by atoms with E-state index in [1.54, 1.807) is 11.8 Å². The minimum absolute atomic E-state index is 0.295. The number of nitrogens with zero attached hydrogens (tertiary/aromatic N) is 1. The van der Waals surface area contributed by atoms with Crippen LogP contribution in [0, 0.1) is 0 Å². The maximum Gasteiger partial charge on any atom is 0.198 e. The van der Waals surface area contributed by atoms with Gasteiger partial charge in [0.15, 0.2) is 5.96 Å². The molecule has 2 aromatic carbocycles. The molecule has 0 fully saturated rings. The van der Waals surface area contributed by atoms with Gasteiger partial charge in [-0.3, -0.25) is 0 Å². The van der Waals surface area contributed by atoms with Gasteiger partial charge in [0.1, 0.15) is 0 Å². The number of hydrogen-bond acceptors (Lipinski definition) is 2. The van der Waals surface area contributed by atoms with Crippen LogP contribution in [-0.2, 0) is 0 Å². The molecule has 0 saturated heterocycles. The highest BCUT2D eigenvalue weighted by Crippen LogP contribution is 2.29. The van der Waals surface area contributed by atoms with E-state index in [2.05, 4.69) is 26.2 Å². The SMILES string of the molecule is CSc1ccc(Cl)c(N=C(N)Nc2cccc(Br)c2)c1. The molecule has 0 aliphatic rings. The molecule has 0 amide bonds. The van der Waals surface area contributed by atoms with Crippen LogP contribution in [0.5, 0.6) is 0 Å². The first-order valence-corrected chi connectivity index (χ1v) is 8.18. The quantitative estimate of drug-likeness (QED) is 0.460. The number of halogens is 2. The van der Waals surface area contributed by atoms with E-state index in [4.69, 9.17) is 17.3 Å². The van der Waals surface area contributed by atoms with Crippen LogP contribution in [0.25, 0.3) is 0 Å². The fourth-order valence-corrected chi connectivity index (χ4v) is 2.57. The monoisotopic (exact) mass is 369 g/mol. The summed E-state index contributed by atoms with van der Waals surface area (Å²) in [6, 6.07) is 13.4. The Morgan fingerprint density at radius 1 is 1.30 bits per heavy atom. The van der Waals surface area contributed by atoms with Crippen molar-refractivity contribution < 1.29 is 0 Å². The van der Waals surface area contributed by atoms with Gasteiger partial charge in [-0.25, -0.2) is 4.99 Å². The fourth-order valence-electron chi connectivity index (χ4n) is 1.58. The zero-order valence-corrected chi connectivity index (χ0v) is 13.9. The van der Waals surface area contributed by atoms with Crippen LogP contribution >= 0.6 is 39.3 Å². The Morgan fingerprint density at radius 3 is 2.80 bits per heavy atom. The summed E-state index contributed by atoms with van der Waals surface area (Å²) in [7, 11) is 0. The number of rotatable bonds is 3. The van der Waals surface area contributed by atoms with E-state index in [0.717, 1.165) is 15.1 Å². The second kappa shape index (κ2) is 7.02. The highest BCUT2D eigenvalue weighted by Gasteiger charge is 2.02. The topological polar surface area (TPSA) is 50.4 Å². The molecule has 3 N–H and O–H groups in total. The lowest BCUT2D eigenvalue weighted by Crippen LogP contribution is -2.21. The molecule has 0 atom stereocenters. The lowest BCUT2D eigenvalue weighted by Gasteiger charge is -2.07. The van der Waals surface area contributed by atoms with Gasteiger partial charge in [0.25, 0.3) is 0 Å².